The standard InChI is InChI=1S/C14H31NO/c1-11(2)9-14(10-12(3)4)15-8-6-7-13(5)16/h11-16H,6-10H2,1-5H3. The number of aliphatic hydroxyl groups is 1. The summed E-state index contributed by atoms with van der Waals surface area (Å²) >= 11 is 0. The topological polar surface area (TPSA) is 32.3 Å². The zero-order chi connectivity index (χ0) is 12.6. The maximum atomic E-state index is 9.18. The van der Waals surface area contributed by atoms with E-state index in [0.29, 0.717) is 6.04 Å². The molecule has 1 unspecified atom stereocenters. The van der Waals surface area contributed by atoms with Gasteiger partial charge in [-0.15, -0.1) is 0 Å². The van der Waals surface area contributed by atoms with E-state index >= 15 is 0 Å². The monoisotopic (exact) mass is 229 g/mol. The number of aliphatic hydroxyl groups excluding tert-OH is 1. The molecule has 0 fully saturated rings. The fraction of sp³-hybridized carbons (Fsp3) is 1.00. The molecule has 0 saturated carbocycles. The van der Waals surface area contributed by atoms with Crippen molar-refractivity contribution >= 4 is 0 Å². The molecular weight excluding hydrogens is 198 g/mol. The van der Waals surface area contributed by atoms with Gasteiger partial charge in [0.1, 0.15) is 0 Å². The average molecular weight is 229 g/mol. The van der Waals surface area contributed by atoms with Gasteiger partial charge in [0.05, 0.1) is 6.10 Å². The fourth-order valence-electron chi connectivity index (χ4n) is 2.10. The van der Waals surface area contributed by atoms with E-state index in [-0.39, 0.29) is 6.10 Å². The van der Waals surface area contributed by atoms with E-state index in [1.807, 2.05) is 6.92 Å². The van der Waals surface area contributed by atoms with Gasteiger partial charge < -0.3 is 10.4 Å². The van der Waals surface area contributed by atoms with E-state index in [1.165, 1.54) is 12.8 Å². The largest absolute Gasteiger partial charge is 0.393 e. The smallest absolute Gasteiger partial charge is 0.0512 e. The Balaban J connectivity index is 3.73. The van der Waals surface area contributed by atoms with Crippen molar-refractivity contribution < 1.29 is 5.11 Å². The first kappa shape index (κ1) is 15.9. The molecule has 0 aromatic heterocycles. The molecule has 0 aliphatic heterocycles. The van der Waals surface area contributed by atoms with Crippen LogP contribution in [-0.2, 0) is 0 Å². The third-order valence-corrected chi connectivity index (χ3v) is 2.74. The highest BCUT2D eigenvalue weighted by Gasteiger charge is 2.11. The summed E-state index contributed by atoms with van der Waals surface area (Å²) in [6, 6.07) is 0.647. The Morgan fingerprint density at radius 2 is 1.44 bits per heavy atom. The van der Waals surface area contributed by atoms with Gasteiger partial charge in [0, 0.05) is 6.04 Å². The van der Waals surface area contributed by atoms with Gasteiger partial charge in [0.2, 0.25) is 0 Å². The van der Waals surface area contributed by atoms with Crippen LogP contribution < -0.4 is 5.32 Å². The Labute approximate surface area is 102 Å². The molecule has 0 bridgehead atoms. The van der Waals surface area contributed by atoms with Gasteiger partial charge in [0.15, 0.2) is 0 Å². The summed E-state index contributed by atoms with van der Waals surface area (Å²) in [5.41, 5.74) is 0. The predicted molar refractivity (Wildman–Crippen MR) is 71.6 cm³/mol. The Morgan fingerprint density at radius 1 is 0.938 bits per heavy atom. The SMILES string of the molecule is CC(C)CC(CC(C)C)NCCCC(C)O. The number of rotatable bonds is 9. The van der Waals surface area contributed by atoms with Gasteiger partial charge in [-0.3, -0.25) is 0 Å². The minimum absolute atomic E-state index is 0.157. The summed E-state index contributed by atoms with van der Waals surface area (Å²) < 4.78 is 0. The lowest BCUT2D eigenvalue weighted by Gasteiger charge is -2.22. The Morgan fingerprint density at radius 3 is 1.81 bits per heavy atom. The zero-order valence-electron chi connectivity index (χ0n) is 11.8. The quantitative estimate of drug-likeness (QED) is 0.595. The maximum Gasteiger partial charge on any atom is 0.0512 e. The Kier molecular flexibility index (Phi) is 8.96. The highest BCUT2D eigenvalue weighted by atomic mass is 16.3. The van der Waals surface area contributed by atoms with E-state index in [1.54, 1.807) is 0 Å². The van der Waals surface area contributed by atoms with Crippen molar-refractivity contribution in [3.63, 3.8) is 0 Å². The normalized spacial score (nSPS) is 14.1. The molecule has 0 aliphatic carbocycles. The molecule has 0 saturated heterocycles. The van der Waals surface area contributed by atoms with Crippen molar-refractivity contribution in [1.82, 2.24) is 5.32 Å². The molecule has 16 heavy (non-hydrogen) atoms. The summed E-state index contributed by atoms with van der Waals surface area (Å²) in [5.74, 6) is 1.51. The van der Waals surface area contributed by atoms with Crippen LogP contribution in [0.3, 0.4) is 0 Å². The van der Waals surface area contributed by atoms with Crippen molar-refractivity contribution in [2.24, 2.45) is 11.8 Å². The van der Waals surface area contributed by atoms with Crippen LogP contribution in [0.2, 0.25) is 0 Å². The summed E-state index contributed by atoms with van der Waals surface area (Å²) in [5, 5.41) is 12.8. The first-order valence-electron chi connectivity index (χ1n) is 6.83. The lowest BCUT2D eigenvalue weighted by molar-refractivity contribution is 0.180. The lowest BCUT2D eigenvalue weighted by atomic mass is 9.95. The fourth-order valence-corrected chi connectivity index (χ4v) is 2.10. The third kappa shape index (κ3) is 10.4. The van der Waals surface area contributed by atoms with Gasteiger partial charge in [-0.2, -0.15) is 0 Å². The second-order valence-electron chi connectivity index (χ2n) is 5.90. The van der Waals surface area contributed by atoms with Crippen molar-refractivity contribution in [1.29, 1.82) is 0 Å². The minimum Gasteiger partial charge on any atom is -0.393 e. The van der Waals surface area contributed by atoms with E-state index in [2.05, 4.69) is 33.0 Å². The molecule has 0 amide bonds. The molecule has 0 aromatic carbocycles. The first-order chi connectivity index (χ1) is 7.41. The van der Waals surface area contributed by atoms with Gasteiger partial charge in [-0.25, -0.2) is 0 Å². The molecule has 0 spiro atoms. The molecule has 0 aliphatic rings. The van der Waals surface area contributed by atoms with Crippen LogP contribution in [0.1, 0.15) is 60.3 Å². The molecule has 0 heterocycles. The van der Waals surface area contributed by atoms with E-state index < -0.39 is 0 Å². The summed E-state index contributed by atoms with van der Waals surface area (Å²) in [7, 11) is 0. The molecule has 0 radical (unpaired) electrons. The van der Waals surface area contributed by atoms with Crippen molar-refractivity contribution in [2.45, 2.75) is 72.4 Å². The van der Waals surface area contributed by atoms with Crippen LogP contribution in [0, 0.1) is 11.8 Å². The van der Waals surface area contributed by atoms with Crippen molar-refractivity contribution in [3.8, 4) is 0 Å². The van der Waals surface area contributed by atoms with E-state index in [4.69, 9.17) is 0 Å². The van der Waals surface area contributed by atoms with Crippen molar-refractivity contribution in [3.05, 3.63) is 0 Å². The predicted octanol–water partition coefficient (Wildman–Crippen LogP) is 3.20. The zero-order valence-corrected chi connectivity index (χ0v) is 11.8. The summed E-state index contributed by atoms with van der Waals surface area (Å²) in [4.78, 5) is 0. The number of hydrogen-bond acceptors (Lipinski definition) is 2. The second kappa shape index (κ2) is 9.00. The van der Waals surface area contributed by atoms with Crippen LogP contribution in [0.15, 0.2) is 0 Å². The van der Waals surface area contributed by atoms with Gasteiger partial charge in [0.25, 0.3) is 0 Å². The molecular formula is C14H31NO. The summed E-state index contributed by atoms with van der Waals surface area (Å²) in [6.45, 7) is 12.0. The van der Waals surface area contributed by atoms with Crippen LogP contribution in [0.4, 0.5) is 0 Å². The molecule has 0 aromatic rings. The third-order valence-electron chi connectivity index (χ3n) is 2.74. The lowest BCUT2D eigenvalue weighted by Crippen LogP contribution is -2.32. The number of nitrogens with one attached hydrogen (secondary N) is 1. The molecule has 2 nitrogen and oxygen atoms in total. The molecule has 98 valence electrons. The van der Waals surface area contributed by atoms with Crippen molar-refractivity contribution in [2.75, 3.05) is 6.54 Å². The second-order valence-corrected chi connectivity index (χ2v) is 5.90. The average Bonchev–Trinajstić information content (AvgIpc) is 2.09. The van der Waals surface area contributed by atoms with Gasteiger partial charge in [-0.1, -0.05) is 27.7 Å². The highest BCUT2D eigenvalue weighted by molar-refractivity contribution is 4.70. The minimum atomic E-state index is -0.157. The van der Waals surface area contributed by atoms with Crippen LogP contribution in [0.25, 0.3) is 0 Å². The summed E-state index contributed by atoms with van der Waals surface area (Å²) in [6.07, 6.45) is 4.34. The maximum absolute atomic E-state index is 9.18. The Bertz CT molecular complexity index is 145. The van der Waals surface area contributed by atoms with Gasteiger partial charge in [-0.05, 0) is 51.0 Å². The highest BCUT2D eigenvalue weighted by Crippen LogP contribution is 2.13. The molecule has 0 rings (SSSR count). The Hall–Kier alpha value is -0.0800. The number of hydrogen-bond donors (Lipinski definition) is 2. The van der Waals surface area contributed by atoms with Gasteiger partial charge >= 0.3 is 0 Å². The van der Waals surface area contributed by atoms with Crippen LogP contribution >= 0.6 is 0 Å². The molecule has 2 N–H and O–H groups in total. The van der Waals surface area contributed by atoms with Crippen LogP contribution in [0.5, 0.6) is 0 Å². The van der Waals surface area contributed by atoms with Crippen LogP contribution in [-0.4, -0.2) is 23.8 Å². The van der Waals surface area contributed by atoms with E-state index in [9.17, 15) is 5.11 Å². The molecule has 1 atom stereocenters. The first-order valence-corrected chi connectivity index (χ1v) is 6.83. The van der Waals surface area contributed by atoms with E-state index in [0.717, 1.165) is 31.2 Å². The molecule has 2 heteroatoms.